The number of hydrogen-bond donors (Lipinski definition) is 0. The molecule has 1 aromatic carbocycles. The monoisotopic (exact) mass is 298 g/mol. The van der Waals surface area contributed by atoms with Gasteiger partial charge in [0, 0.05) is 5.56 Å². The molecule has 0 unspecified atom stereocenters. The number of phosphoric ester groups is 1. The minimum atomic E-state index is -5.04. The first-order chi connectivity index (χ1) is 7.98. The van der Waals surface area contributed by atoms with Crippen LogP contribution in [0.4, 0.5) is 0 Å². The molecule has 0 bridgehead atoms. The molecule has 0 fully saturated rings. The molecule has 0 aromatic heterocycles. The van der Waals surface area contributed by atoms with E-state index in [1.165, 1.54) is 6.07 Å². The predicted molar refractivity (Wildman–Crippen MR) is 62.5 cm³/mol. The van der Waals surface area contributed by atoms with Crippen LogP contribution in [0.5, 0.6) is 5.75 Å². The van der Waals surface area contributed by atoms with E-state index in [4.69, 9.17) is 0 Å². The topological polar surface area (TPSA) is 72.4 Å². The molecule has 7 heteroatoms. The normalized spacial score (nSPS) is 9.79. The molecule has 0 radical (unpaired) electrons. The van der Waals surface area contributed by atoms with Gasteiger partial charge in [0.15, 0.2) is 0 Å². The summed E-state index contributed by atoms with van der Waals surface area (Å²) in [6, 6.07) is 4.91. The molecule has 0 heterocycles. The Morgan fingerprint density at radius 3 is 2.21 bits per heavy atom. The van der Waals surface area contributed by atoms with E-state index in [-0.39, 0.29) is 64.9 Å². The minimum absolute atomic E-state index is 0. The fourth-order valence-electron chi connectivity index (χ4n) is 1.54. The van der Waals surface area contributed by atoms with E-state index in [1.54, 1.807) is 18.2 Å². The molecule has 19 heavy (non-hydrogen) atoms. The molecule has 0 saturated carbocycles. The quantitative estimate of drug-likeness (QED) is 0.301. The zero-order valence-electron chi connectivity index (χ0n) is 11.3. The maximum atomic E-state index is 10.6. The standard InChI is InChI=1S/C12H15O4P.2Na/c1-3-6-10-8-5-9-12(11(10)7-4-2)16-17(13,14)15;;/h3-5,8-9H,1-2,6-7H2,(H2,13,14,15);;/q;2*+1/p-2. The largest absolute Gasteiger partial charge is 1.00 e. The molecule has 0 aliphatic carbocycles. The molecular formula is C12H13Na2O4P. The van der Waals surface area contributed by atoms with E-state index in [9.17, 15) is 14.4 Å². The van der Waals surface area contributed by atoms with Gasteiger partial charge >= 0.3 is 59.1 Å². The van der Waals surface area contributed by atoms with E-state index in [0.29, 0.717) is 18.4 Å². The summed E-state index contributed by atoms with van der Waals surface area (Å²) in [5, 5.41) is 0. The maximum Gasteiger partial charge on any atom is 1.00 e. The van der Waals surface area contributed by atoms with Crippen molar-refractivity contribution in [2.24, 2.45) is 0 Å². The van der Waals surface area contributed by atoms with E-state index in [2.05, 4.69) is 17.7 Å². The van der Waals surface area contributed by atoms with Crippen molar-refractivity contribution in [1.82, 2.24) is 0 Å². The molecule has 0 atom stereocenters. The summed E-state index contributed by atoms with van der Waals surface area (Å²) in [5.41, 5.74) is 1.51. The van der Waals surface area contributed by atoms with Crippen molar-refractivity contribution >= 4 is 7.82 Å². The molecular weight excluding hydrogens is 285 g/mol. The van der Waals surface area contributed by atoms with Gasteiger partial charge in [-0.3, -0.25) is 0 Å². The summed E-state index contributed by atoms with van der Waals surface area (Å²) in [6.45, 7) is 7.20. The van der Waals surface area contributed by atoms with Crippen LogP contribution >= 0.6 is 7.82 Å². The van der Waals surface area contributed by atoms with Crippen molar-refractivity contribution in [1.29, 1.82) is 0 Å². The van der Waals surface area contributed by atoms with Crippen LogP contribution in [0, 0.1) is 0 Å². The first-order valence-electron chi connectivity index (χ1n) is 5.02. The van der Waals surface area contributed by atoms with E-state index >= 15 is 0 Å². The Balaban J connectivity index is 0. The van der Waals surface area contributed by atoms with Gasteiger partial charge in [0.25, 0.3) is 0 Å². The van der Waals surface area contributed by atoms with Crippen molar-refractivity contribution in [2.75, 3.05) is 0 Å². The summed E-state index contributed by atoms with van der Waals surface area (Å²) in [6.07, 6.45) is 4.32. The van der Waals surface area contributed by atoms with Gasteiger partial charge in [0.05, 0.1) is 0 Å². The molecule has 0 aliphatic rings. The average Bonchev–Trinajstić information content (AvgIpc) is 2.21. The molecule has 1 rings (SSSR count). The summed E-state index contributed by atoms with van der Waals surface area (Å²) < 4.78 is 15.1. The molecule has 0 spiro atoms. The second-order valence-electron chi connectivity index (χ2n) is 3.42. The second-order valence-corrected chi connectivity index (χ2v) is 4.49. The Hall–Kier alpha value is 0.650. The van der Waals surface area contributed by atoms with Crippen LogP contribution in [0.25, 0.3) is 0 Å². The van der Waals surface area contributed by atoms with Gasteiger partial charge in [0.1, 0.15) is 13.6 Å². The third-order valence-corrected chi connectivity index (χ3v) is 2.57. The van der Waals surface area contributed by atoms with E-state index in [1.807, 2.05) is 6.07 Å². The van der Waals surface area contributed by atoms with Crippen LogP contribution in [0.15, 0.2) is 43.5 Å². The molecule has 0 saturated heterocycles. The molecule has 4 nitrogen and oxygen atoms in total. The van der Waals surface area contributed by atoms with Crippen molar-refractivity contribution in [3.05, 3.63) is 54.6 Å². The molecule has 0 N–H and O–H groups in total. The Kier molecular flexibility index (Phi) is 12.0. The van der Waals surface area contributed by atoms with Crippen LogP contribution in [0.1, 0.15) is 11.1 Å². The third-order valence-electron chi connectivity index (χ3n) is 2.15. The van der Waals surface area contributed by atoms with Crippen LogP contribution in [-0.2, 0) is 17.4 Å². The van der Waals surface area contributed by atoms with Crippen molar-refractivity contribution < 1.29 is 78.0 Å². The summed E-state index contributed by atoms with van der Waals surface area (Å²) in [4.78, 5) is 21.3. The van der Waals surface area contributed by atoms with Crippen LogP contribution < -0.4 is 73.4 Å². The van der Waals surface area contributed by atoms with Crippen molar-refractivity contribution in [3.63, 3.8) is 0 Å². The minimum Gasteiger partial charge on any atom is -0.780 e. The van der Waals surface area contributed by atoms with Gasteiger partial charge < -0.3 is 18.9 Å². The smallest absolute Gasteiger partial charge is 0.780 e. The Morgan fingerprint density at radius 2 is 1.74 bits per heavy atom. The van der Waals surface area contributed by atoms with Gasteiger partial charge in [-0.15, -0.1) is 13.2 Å². The first-order valence-corrected chi connectivity index (χ1v) is 6.48. The predicted octanol–water partition coefficient (Wildman–Crippen LogP) is -4.64. The van der Waals surface area contributed by atoms with Crippen LogP contribution in [-0.4, -0.2) is 0 Å². The fraction of sp³-hybridized carbons (Fsp3) is 0.167. The Labute approximate surface area is 157 Å². The van der Waals surface area contributed by atoms with Crippen molar-refractivity contribution in [3.8, 4) is 5.75 Å². The number of benzene rings is 1. The Bertz CT molecular complexity index is 471. The fourth-order valence-corrected chi connectivity index (χ4v) is 1.95. The van der Waals surface area contributed by atoms with Gasteiger partial charge in [-0.1, -0.05) is 24.3 Å². The zero-order chi connectivity index (χ0) is 12.9. The van der Waals surface area contributed by atoms with Gasteiger partial charge in [0.2, 0.25) is 0 Å². The number of hydrogen-bond acceptors (Lipinski definition) is 4. The van der Waals surface area contributed by atoms with Gasteiger partial charge in [-0.05, 0) is 24.5 Å². The molecule has 92 valence electrons. The van der Waals surface area contributed by atoms with Gasteiger partial charge in [-0.2, -0.15) is 0 Å². The number of phosphoric acid groups is 1. The van der Waals surface area contributed by atoms with Crippen molar-refractivity contribution in [2.45, 2.75) is 12.8 Å². The van der Waals surface area contributed by atoms with E-state index < -0.39 is 7.82 Å². The summed E-state index contributed by atoms with van der Waals surface area (Å²) in [7, 11) is -5.04. The Morgan fingerprint density at radius 1 is 1.16 bits per heavy atom. The molecule has 0 amide bonds. The second kappa shape index (κ2) is 10.4. The van der Waals surface area contributed by atoms with Gasteiger partial charge in [-0.25, -0.2) is 0 Å². The number of rotatable bonds is 6. The third kappa shape index (κ3) is 7.86. The van der Waals surface area contributed by atoms with Crippen LogP contribution in [0.2, 0.25) is 0 Å². The van der Waals surface area contributed by atoms with Crippen LogP contribution in [0.3, 0.4) is 0 Å². The first kappa shape index (κ1) is 21.9. The zero-order valence-corrected chi connectivity index (χ0v) is 16.2. The van der Waals surface area contributed by atoms with E-state index in [0.717, 1.165) is 5.56 Å². The summed E-state index contributed by atoms with van der Waals surface area (Å²) in [5.74, 6) is 0.0672. The average molecular weight is 298 g/mol. The molecule has 0 aliphatic heterocycles. The SMILES string of the molecule is C=CCc1cccc(OP(=O)([O-])[O-])c1CC=C.[Na+].[Na+]. The maximum absolute atomic E-state index is 10.6. The molecule has 1 aromatic rings. The number of allylic oxidation sites excluding steroid dienone is 2. The summed E-state index contributed by atoms with van der Waals surface area (Å²) >= 11 is 0.